The summed E-state index contributed by atoms with van der Waals surface area (Å²) in [5.74, 6) is 0.543. The summed E-state index contributed by atoms with van der Waals surface area (Å²) in [5, 5.41) is 0. The van der Waals surface area contributed by atoms with Gasteiger partial charge in [0.2, 0.25) is 10.0 Å². The zero-order chi connectivity index (χ0) is 18.5. The third kappa shape index (κ3) is 6.43. The predicted octanol–water partition coefficient (Wildman–Crippen LogP) is 4.66. The summed E-state index contributed by atoms with van der Waals surface area (Å²) in [6, 6.07) is 7.93. The summed E-state index contributed by atoms with van der Waals surface area (Å²) < 4.78 is 25.6. The molecular weight excluding hydrogens is 368 g/mol. The summed E-state index contributed by atoms with van der Waals surface area (Å²) in [6.07, 6.45) is 7.56. The molecule has 1 aliphatic heterocycles. The maximum atomic E-state index is 11.5. The number of anilines is 1. The molecule has 0 aromatic heterocycles. The second-order valence-electron chi connectivity index (χ2n) is 7.88. The van der Waals surface area contributed by atoms with Crippen molar-refractivity contribution < 1.29 is 8.42 Å². The van der Waals surface area contributed by atoms with Crippen LogP contribution in [0.4, 0.5) is 5.69 Å². The molecule has 1 aliphatic rings. The van der Waals surface area contributed by atoms with Crippen LogP contribution in [0.1, 0.15) is 58.4 Å². The normalized spacial score (nSPS) is 24.1. The third-order valence-electron chi connectivity index (χ3n) is 5.72. The van der Waals surface area contributed by atoms with Gasteiger partial charge in [-0.15, -0.1) is 12.4 Å². The predicted molar refractivity (Wildman–Crippen MR) is 114 cm³/mol. The van der Waals surface area contributed by atoms with Gasteiger partial charge in [-0.25, -0.2) is 8.42 Å². The van der Waals surface area contributed by atoms with Gasteiger partial charge in [0, 0.05) is 12.2 Å². The highest BCUT2D eigenvalue weighted by Crippen LogP contribution is 2.40. The molecule has 1 heterocycles. The first-order valence-corrected chi connectivity index (χ1v) is 11.4. The monoisotopic (exact) mass is 402 g/mol. The topological polar surface area (TPSA) is 49.4 Å². The van der Waals surface area contributed by atoms with Crippen LogP contribution in [0.25, 0.3) is 0 Å². The Labute approximate surface area is 166 Å². The standard InChI is InChI=1S/C20H34N2O2S.ClH/c1-5-6-7-8-13-22-14-12-20(3,17(2)16-22)18-10-9-11-19(15-18)21-25(4,23)24;/h9-11,15,17,21H,5-8,12-14,16H2,1-4H3;1H/t17-,20-;/m0./s1. The van der Waals surface area contributed by atoms with E-state index in [0.717, 1.165) is 19.5 Å². The zero-order valence-corrected chi connectivity index (χ0v) is 18.3. The number of benzene rings is 1. The van der Waals surface area contributed by atoms with Crippen LogP contribution in [0.2, 0.25) is 0 Å². The Morgan fingerprint density at radius 3 is 2.62 bits per heavy atom. The Hall–Kier alpha value is -0.780. The highest BCUT2D eigenvalue weighted by Gasteiger charge is 2.37. The van der Waals surface area contributed by atoms with Gasteiger partial charge in [-0.1, -0.05) is 52.2 Å². The molecule has 0 radical (unpaired) electrons. The fourth-order valence-electron chi connectivity index (χ4n) is 3.86. The maximum absolute atomic E-state index is 11.5. The van der Waals surface area contributed by atoms with Crippen molar-refractivity contribution >= 4 is 28.1 Å². The lowest BCUT2D eigenvalue weighted by atomic mass is 9.68. The highest BCUT2D eigenvalue weighted by molar-refractivity contribution is 7.92. The van der Waals surface area contributed by atoms with Gasteiger partial charge in [-0.3, -0.25) is 4.72 Å². The van der Waals surface area contributed by atoms with Gasteiger partial charge in [0.05, 0.1) is 6.26 Å². The van der Waals surface area contributed by atoms with Gasteiger partial charge in [-0.05, 0) is 55.0 Å². The second kappa shape index (κ2) is 9.95. The minimum absolute atomic E-state index is 0. The summed E-state index contributed by atoms with van der Waals surface area (Å²) in [7, 11) is -3.24. The number of nitrogens with zero attached hydrogens (tertiary/aromatic N) is 1. The van der Waals surface area contributed by atoms with Crippen molar-refractivity contribution in [1.82, 2.24) is 4.90 Å². The number of nitrogens with one attached hydrogen (secondary N) is 1. The number of piperidine rings is 1. The van der Waals surface area contributed by atoms with E-state index in [1.165, 1.54) is 44.0 Å². The second-order valence-corrected chi connectivity index (χ2v) is 9.63. The van der Waals surface area contributed by atoms with E-state index in [0.29, 0.717) is 11.6 Å². The molecule has 1 aromatic carbocycles. The van der Waals surface area contributed by atoms with Gasteiger partial charge in [0.1, 0.15) is 0 Å². The van der Waals surface area contributed by atoms with Gasteiger partial charge in [-0.2, -0.15) is 0 Å². The molecule has 6 heteroatoms. The van der Waals surface area contributed by atoms with Gasteiger partial charge in [0.15, 0.2) is 0 Å². The lowest BCUT2D eigenvalue weighted by molar-refractivity contribution is 0.109. The van der Waals surface area contributed by atoms with E-state index in [9.17, 15) is 8.42 Å². The molecule has 26 heavy (non-hydrogen) atoms. The van der Waals surface area contributed by atoms with E-state index in [2.05, 4.69) is 36.5 Å². The van der Waals surface area contributed by atoms with Gasteiger partial charge in [0.25, 0.3) is 0 Å². The Kier molecular flexibility index (Phi) is 8.90. The van der Waals surface area contributed by atoms with Crippen LogP contribution in [-0.2, 0) is 15.4 Å². The van der Waals surface area contributed by atoms with Gasteiger partial charge >= 0.3 is 0 Å². The first-order valence-electron chi connectivity index (χ1n) is 9.55. The van der Waals surface area contributed by atoms with Gasteiger partial charge < -0.3 is 4.90 Å². The molecule has 0 spiro atoms. The van der Waals surface area contributed by atoms with Crippen LogP contribution in [0.15, 0.2) is 24.3 Å². The molecule has 0 unspecified atom stereocenters. The van der Waals surface area contributed by atoms with Crippen LogP contribution in [0.5, 0.6) is 0 Å². The van der Waals surface area contributed by atoms with Crippen molar-refractivity contribution in [1.29, 1.82) is 0 Å². The number of sulfonamides is 1. The molecule has 1 N–H and O–H groups in total. The zero-order valence-electron chi connectivity index (χ0n) is 16.6. The summed E-state index contributed by atoms with van der Waals surface area (Å²) in [6.45, 7) is 10.3. The molecule has 1 saturated heterocycles. The van der Waals surface area contributed by atoms with Crippen LogP contribution in [-0.4, -0.2) is 39.2 Å². The molecule has 2 rings (SSSR count). The fraction of sp³-hybridized carbons (Fsp3) is 0.700. The van der Waals surface area contributed by atoms with E-state index < -0.39 is 10.0 Å². The van der Waals surface area contributed by atoms with Crippen molar-refractivity contribution in [3.63, 3.8) is 0 Å². The largest absolute Gasteiger partial charge is 0.303 e. The first kappa shape index (κ1) is 23.3. The number of rotatable bonds is 8. The summed E-state index contributed by atoms with van der Waals surface area (Å²) >= 11 is 0. The lowest BCUT2D eigenvalue weighted by Gasteiger charge is -2.45. The smallest absolute Gasteiger partial charge is 0.229 e. The molecule has 0 bridgehead atoms. The Bertz CT molecular complexity index is 666. The molecule has 2 atom stereocenters. The van der Waals surface area contributed by atoms with Crippen molar-refractivity contribution in [2.45, 2.75) is 58.3 Å². The average molecular weight is 403 g/mol. The SMILES string of the molecule is CCCCCCN1CC[C@](C)(c2cccc(NS(C)(=O)=O)c2)[C@@H](C)C1.Cl. The number of hydrogen-bond donors (Lipinski definition) is 1. The maximum Gasteiger partial charge on any atom is 0.229 e. The highest BCUT2D eigenvalue weighted by atomic mass is 35.5. The first-order chi connectivity index (χ1) is 11.7. The molecule has 4 nitrogen and oxygen atoms in total. The minimum Gasteiger partial charge on any atom is -0.303 e. The molecule has 150 valence electrons. The Balaban J connectivity index is 0.00000338. The Morgan fingerprint density at radius 2 is 2.00 bits per heavy atom. The molecular formula is C20H35ClN2O2S. The van der Waals surface area contributed by atoms with Crippen molar-refractivity contribution in [2.24, 2.45) is 5.92 Å². The van der Waals surface area contributed by atoms with E-state index in [1.54, 1.807) is 0 Å². The van der Waals surface area contributed by atoms with Crippen LogP contribution in [0, 0.1) is 5.92 Å². The number of hydrogen-bond acceptors (Lipinski definition) is 3. The van der Waals surface area contributed by atoms with Crippen LogP contribution in [0.3, 0.4) is 0 Å². The summed E-state index contributed by atoms with van der Waals surface area (Å²) in [5.41, 5.74) is 1.99. The minimum atomic E-state index is -3.24. The fourth-order valence-corrected chi connectivity index (χ4v) is 4.42. The van der Waals surface area contributed by atoms with Crippen molar-refractivity contribution in [3.8, 4) is 0 Å². The summed E-state index contributed by atoms with van der Waals surface area (Å²) in [4.78, 5) is 2.60. The van der Waals surface area contributed by atoms with E-state index in [4.69, 9.17) is 0 Å². The lowest BCUT2D eigenvalue weighted by Crippen LogP contribution is -2.47. The van der Waals surface area contributed by atoms with E-state index >= 15 is 0 Å². The molecule has 0 saturated carbocycles. The van der Waals surface area contributed by atoms with Crippen molar-refractivity contribution in [3.05, 3.63) is 29.8 Å². The van der Waals surface area contributed by atoms with E-state index in [1.807, 2.05) is 18.2 Å². The molecule has 0 amide bonds. The van der Waals surface area contributed by atoms with Crippen molar-refractivity contribution in [2.75, 3.05) is 30.6 Å². The molecule has 0 aliphatic carbocycles. The number of unbranched alkanes of at least 4 members (excludes halogenated alkanes) is 3. The quantitative estimate of drug-likeness (QED) is 0.643. The Morgan fingerprint density at radius 1 is 1.27 bits per heavy atom. The van der Waals surface area contributed by atoms with Crippen LogP contribution >= 0.6 is 12.4 Å². The number of likely N-dealkylation sites (tertiary alicyclic amines) is 1. The molecule has 1 fully saturated rings. The van der Waals surface area contributed by atoms with E-state index in [-0.39, 0.29) is 17.8 Å². The third-order valence-corrected chi connectivity index (χ3v) is 6.33. The number of halogens is 1. The average Bonchev–Trinajstić information content (AvgIpc) is 2.53. The molecule has 1 aromatic rings. The van der Waals surface area contributed by atoms with Crippen LogP contribution < -0.4 is 4.72 Å².